The Morgan fingerprint density at radius 1 is 1.61 bits per heavy atom. The molecule has 100 valence electrons. The smallest absolute Gasteiger partial charge is 0.449 e. The highest BCUT2D eigenvalue weighted by molar-refractivity contribution is 8.17. The molecule has 0 aliphatic carbocycles. The summed E-state index contributed by atoms with van der Waals surface area (Å²) >= 11 is 1.25. The third-order valence-electron chi connectivity index (χ3n) is 2.89. The topological polar surface area (TPSA) is 83.9 Å². The molecule has 1 amide bonds. The first-order valence-corrected chi connectivity index (χ1v) is 7.54. The number of ether oxygens (including phenoxy) is 1. The Morgan fingerprint density at radius 2 is 2.22 bits per heavy atom. The van der Waals surface area contributed by atoms with E-state index in [0.29, 0.717) is 9.99 Å². The molecule has 0 aromatic rings. The lowest BCUT2D eigenvalue weighted by Gasteiger charge is -2.47. The molecule has 8 heteroatoms. The van der Waals surface area contributed by atoms with Gasteiger partial charge in [-0.3, -0.25) is 13.9 Å². The quantitative estimate of drug-likeness (QED) is 0.627. The van der Waals surface area contributed by atoms with Gasteiger partial charge in [-0.25, -0.2) is 4.79 Å². The van der Waals surface area contributed by atoms with Crippen LogP contribution in [0.4, 0.5) is 4.79 Å². The van der Waals surface area contributed by atoms with Crippen LogP contribution >= 0.6 is 11.8 Å². The summed E-state index contributed by atoms with van der Waals surface area (Å²) in [6.07, 6.45) is -1.51. The highest BCUT2D eigenvalue weighted by Crippen LogP contribution is 2.56. The molecule has 1 saturated heterocycles. The van der Waals surface area contributed by atoms with Crippen LogP contribution in [0.2, 0.25) is 0 Å². The van der Waals surface area contributed by atoms with Gasteiger partial charge < -0.3 is 9.84 Å². The van der Waals surface area contributed by atoms with Crippen molar-refractivity contribution in [3.63, 3.8) is 0 Å². The summed E-state index contributed by atoms with van der Waals surface area (Å²) in [5.41, 5.74) is -0.586. The maximum absolute atomic E-state index is 11.9. The number of rotatable bonds is 3. The van der Waals surface area contributed by atoms with Crippen LogP contribution in [0.5, 0.6) is 0 Å². The second-order valence-electron chi connectivity index (χ2n) is 4.46. The van der Waals surface area contributed by atoms with Gasteiger partial charge in [0.2, 0.25) is 11.8 Å². The van der Waals surface area contributed by atoms with Gasteiger partial charge in [0, 0.05) is 5.75 Å². The minimum atomic E-state index is -1.51. The summed E-state index contributed by atoms with van der Waals surface area (Å²) in [5, 5.41) is 8.46. The molecule has 0 bridgehead atoms. The first-order valence-electron chi connectivity index (χ1n) is 5.34. The van der Waals surface area contributed by atoms with Crippen molar-refractivity contribution in [3.05, 3.63) is 10.1 Å². The Bertz CT molecular complexity index is 485. The molecule has 18 heavy (non-hydrogen) atoms. The van der Waals surface area contributed by atoms with Crippen LogP contribution in [0.15, 0.2) is 10.1 Å². The predicted molar refractivity (Wildman–Crippen MR) is 66.8 cm³/mol. The molecule has 0 spiro atoms. The zero-order chi connectivity index (χ0) is 13.7. The second kappa shape index (κ2) is 4.27. The van der Waals surface area contributed by atoms with Crippen LogP contribution in [0.25, 0.3) is 0 Å². The number of thioether (sulfide) groups is 1. The Kier molecular flexibility index (Phi) is 3.18. The van der Waals surface area contributed by atoms with Gasteiger partial charge in [0.05, 0.1) is 16.2 Å². The van der Waals surface area contributed by atoms with Crippen LogP contribution < -0.4 is 0 Å². The first-order chi connectivity index (χ1) is 8.30. The van der Waals surface area contributed by atoms with Crippen LogP contribution in [0.3, 0.4) is 0 Å². The lowest BCUT2D eigenvalue weighted by molar-refractivity contribution is -0.158. The summed E-state index contributed by atoms with van der Waals surface area (Å²) in [7, 11) is -1.34. The average Bonchev–Trinajstić information content (AvgIpc) is 2.64. The molecule has 0 saturated carbocycles. The normalized spacial score (nSPS) is 26.7. The molecule has 0 radical (unpaired) electrons. The molecule has 1 N–H and O–H groups in total. The first kappa shape index (κ1) is 13.4. The van der Waals surface area contributed by atoms with Crippen molar-refractivity contribution in [2.75, 3.05) is 5.75 Å². The monoisotopic (exact) mass is 291 g/mol. The molecule has 2 rings (SSSR count). The van der Waals surface area contributed by atoms with Crippen molar-refractivity contribution in [1.82, 2.24) is 4.90 Å². The van der Waals surface area contributed by atoms with E-state index in [1.165, 1.54) is 16.7 Å². The Hall–Kier alpha value is -1.02. The third kappa shape index (κ3) is 1.74. The molecular formula is C10H13NO5S2. The van der Waals surface area contributed by atoms with Gasteiger partial charge in [-0.1, -0.05) is 18.7 Å². The number of hydrogen-bond donors (Lipinski definition) is 1. The molecule has 2 aliphatic heterocycles. The second-order valence-corrected chi connectivity index (χ2v) is 7.49. The average molecular weight is 291 g/mol. The van der Waals surface area contributed by atoms with Gasteiger partial charge in [-0.2, -0.15) is 0 Å². The maximum Gasteiger partial charge on any atom is 0.512 e. The SMILES string of the molecule is CCS(=O)C1=C(OC(=O)O)N2C(=O)C(C)(C)[C@@H]2S1. The zero-order valence-electron chi connectivity index (χ0n) is 10.1. The summed E-state index contributed by atoms with van der Waals surface area (Å²) in [5.74, 6) is 0.0608. The summed E-state index contributed by atoms with van der Waals surface area (Å²) in [4.78, 5) is 23.9. The molecule has 2 heterocycles. The number of amides is 1. The molecule has 6 nitrogen and oxygen atoms in total. The van der Waals surface area contributed by atoms with Gasteiger partial charge >= 0.3 is 6.16 Å². The van der Waals surface area contributed by atoms with Crippen molar-refractivity contribution in [2.45, 2.75) is 26.1 Å². The van der Waals surface area contributed by atoms with Gasteiger partial charge in [0.15, 0.2) is 0 Å². The van der Waals surface area contributed by atoms with E-state index in [2.05, 4.69) is 4.74 Å². The van der Waals surface area contributed by atoms with Crippen molar-refractivity contribution in [1.29, 1.82) is 0 Å². The van der Waals surface area contributed by atoms with Crippen molar-refractivity contribution in [2.24, 2.45) is 5.41 Å². The van der Waals surface area contributed by atoms with E-state index in [4.69, 9.17) is 5.11 Å². The van der Waals surface area contributed by atoms with Gasteiger partial charge in [-0.15, -0.1) is 0 Å². The van der Waals surface area contributed by atoms with E-state index >= 15 is 0 Å². The molecule has 0 aromatic carbocycles. The molecule has 1 unspecified atom stereocenters. The predicted octanol–water partition coefficient (Wildman–Crippen LogP) is 1.52. The minimum Gasteiger partial charge on any atom is -0.449 e. The van der Waals surface area contributed by atoms with Crippen molar-refractivity contribution < 1.29 is 23.6 Å². The van der Waals surface area contributed by atoms with Crippen LogP contribution in [0.1, 0.15) is 20.8 Å². The summed E-state index contributed by atoms with van der Waals surface area (Å²) < 4.78 is 16.8. The van der Waals surface area contributed by atoms with Gasteiger partial charge in [0.25, 0.3) is 0 Å². The Labute approximate surface area is 111 Å². The number of hydrogen-bond acceptors (Lipinski definition) is 5. The number of nitrogens with zero attached hydrogens (tertiary/aromatic N) is 1. The van der Waals surface area contributed by atoms with Crippen LogP contribution in [-0.2, 0) is 20.3 Å². The number of carbonyl (C=O) groups excluding carboxylic acids is 1. The number of carbonyl (C=O) groups is 2. The lowest BCUT2D eigenvalue weighted by atomic mass is 9.83. The number of fused-ring (bicyclic) bond motifs is 1. The molecular weight excluding hydrogens is 278 g/mol. The number of carboxylic acid groups (broad SMARTS) is 1. The third-order valence-corrected chi connectivity index (χ3v) is 6.26. The van der Waals surface area contributed by atoms with Crippen molar-refractivity contribution >= 4 is 34.6 Å². The fourth-order valence-corrected chi connectivity index (χ4v) is 4.67. The standard InChI is InChI=1S/C10H13NO5S2/c1-4-18(15)6-5(16-9(13)14)11-7(12)10(2,3)8(11)17-6/h8H,4H2,1-3H3,(H,13,14)/t8-,18?/m0/s1. The summed E-state index contributed by atoms with van der Waals surface area (Å²) in [6, 6.07) is 0. The van der Waals surface area contributed by atoms with E-state index in [1.54, 1.807) is 20.8 Å². The highest BCUT2D eigenvalue weighted by atomic mass is 32.2. The van der Waals surface area contributed by atoms with E-state index in [1.807, 2.05) is 0 Å². The van der Waals surface area contributed by atoms with Gasteiger partial charge in [0.1, 0.15) is 9.61 Å². The Morgan fingerprint density at radius 3 is 2.72 bits per heavy atom. The van der Waals surface area contributed by atoms with E-state index in [-0.39, 0.29) is 17.2 Å². The minimum absolute atomic E-state index is 0.0815. The molecule has 0 aromatic heterocycles. The van der Waals surface area contributed by atoms with E-state index in [9.17, 15) is 13.8 Å². The van der Waals surface area contributed by atoms with Gasteiger partial charge in [-0.05, 0) is 13.8 Å². The van der Waals surface area contributed by atoms with E-state index in [0.717, 1.165) is 0 Å². The highest BCUT2D eigenvalue weighted by Gasteiger charge is 2.61. The number of β-lactam (4-membered cyclic amide) rings is 1. The Balaban J connectivity index is 2.37. The fourth-order valence-electron chi connectivity index (χ4n) is 1.88. The molecule has 2 atom stereocenters. The zero-order valence-corrected chi connectivity index (χ0v) is 11.8. The maximum atomic E-state index is 11.9. The largest absolute Gasteiger partial charge is 0.512 e. The van der Waals surface area contributed by atoms with Crippen molar-refractivity contribution in [3.8, 4) is 0 Å². The summed E-state index contributed by atoms with van der Waals surface area (Å²) in [6.45, 7) is 5.28. The van der Waals surface area contributed by atoms with E-state index < -0.39 is 22.4 Å². The fraction of sp³-hybridized carbons (Fsp3) is 0.600. The van der Waals surface area contributed by atoms with Crippen LogP contribution in [0, 0.1) is 5.41 Å². The van der Waals surface area contributed by atoms with Crippen LogP contribution in [-0.4, -0.2) is 37.4 Å². The lowest BCUT2D eigenvalue weighted by Crippen LogP contribution is -2.62. The molecule has 2 aliphatic rings. The molecule has 1 fully saturated rings.